The van der Waals surface area contributed by atoms with Gasteiger partial charge >= 0.3 is 4.87 Å². The number of imide groups is 1. The van der Waals surface area contributed by atoms with Crippen molar-refractivity contribution >= 4 is 73.8 Å². The van der Waals surface area contributed by atoms with Crippen LogP contribution in [0, 0.1) is 39.7 Å². The third kappa shape index (κ3) is 4.94. The number of phenols is 1. The highest BCUT2D eigenvalue weighted by atomic mass is 79.9. The number of nitro groups is 1. The molecule has 48 heavy (non-hydrogen) atoms. The number of rotatable bonds is 7. The number of hydrogen-bond acceptors (Lipinski definition) is 10. The first kappa shape index (κ1) is 30.8. The number of aromatic nitrogens is 1. The van der Waals surface area contributed by atoms with Crippen molar-refractivity contribution in [1.29, 1.82) is 0 Å². The number of aromatic amines is 1. The number of carbonyl (C=O) groups is 3. The third-order valence-corrected chi connectivity index (χ3v) is 12.9. The molecule has 15 heteroatoms. The minimum Gasteiger partial charge on any atom is -0.508 e. The lowest BCUT2D eigenvalue weighted by Crippen LogP contribution is -2.42. The second-order valence-electron chi connectivity index (χ2n) is 12.3. The number of hydrogen-bond donors (Lipinski definition) is 3. The number of nitrogens with one attached hydrogen (secondary N) is 2. The number of benzene rings is 3. The van der Waals surface area contributed by atoms with Gasteiger partial charge in [-0.2, -0.15) is 0 Å². The molecule has 0 unspecified atom stereocenters. The summed E-state index contributed by atoms with van der Waals surface area (Å²) in [5.74, 6) is -2.31. The van der Waals surface area contributed by atoms with Crippen molar-refractivity contribution in [2.24, 2.45) is 29.6 Å². The molecule has 0 radical (unpaired) electrons. The van der Waals surface area contributed by atoms with Crippen molar-refractivity contribution in [3.63, 3.8) is 0 Å². The van der Waals surface area contributed by atoms with Crippen molar-refractivity contribution in [2.75, 3.05) is 16.8 Å². The van der Waals surface area contributed by atoms with Gasteiger partial charge in [-0.3, -0.25) is 34.2 Å². The molecule has 2 saturated carbocycles. The van der Waals surface area contributed by atoms with Crippen LogP contribution in [0.4, 0.5) is 17.1 Å². The summed E-state index contributed by atoms with van der Waals surface area (Å²) in [6.45, 7) is -0.296. The summed E-state index contributed by atoms with van der Waals surface area (Å²) in [5.41, 5.74) is 1.45. The fourth-order valence-electron chi connectivity index (χ4n) is 8.12. The minimum atomic E-state index is -0.563. The summed E-state index contributed by atoms with van der Waals surface area (Å²) in [5, 5.41) is 24.2. The number of nitro benzene ring substituents is 1. The number of carbonyl (C=O) groups excluding carboxylic acids is 3. The molecule has 8 rings (SSSR count). The van der Waals surface area contributed by atoms with E-state index >= 15 is 0 Å². The van der Waals surface area contributed by atoms with Crippen LogP contribution in [0.25, 0.3) is 0 Å². The number of phenolic OH excluding ortho intramolecular Hbond substituents is 1. The van der Waals surface area contributed by atoms with Crippen LogP contribution in [0.1, 0.15) is 22.8 Å². The van der Waals surface area contributed by atoms with Crippen molar-refractivity contribution in [2.45, 2.75) is 22.6 Å². The number of amides is 3. The zero-order valence-corrected chi connectivity index (χ0v) is 27.9. The first-order chi connectivity index (χ1) is 23.1. The van der Waals surface area contributed by atoms with Crippen molar-refractivity contribution < 1.29 is 29.2 Å². The number of nitrogens with zero attached hydrogens (tertiary/aromatic N) is 2. The van der Waals surface area contributed by atoms with E-state index in [-0.39, 0.29) is 63.7 Å². The second-order valence-corrected chi connectivity index (χ2v) is 15.4. The Morgan fingerprint density at radius 3 is 2.46 bits per heavy atom. The molecule has 1 aromatic heterocycles. The average molecular weight is 750 g/mol. The molecule has 12 nitrogen and oxygen atoms in total. The van der Waals surface area contributed by atoms with Crippen molar-refractivity contribution in [3.8, 4) is 11.5 Å². The van der Waals surface area contributed by atoms with Gasteiger partial charge in [-0.1, -0.05) is 27.3 Å². The highest BCUT2D eigenvalue weighted by Crippen LogP contribution is 2.69. The Morgan fingerprint density at radius 1 is 1.04 bits per heavy atom. The number of fused-ring (bicyclic) bond motifs is 9. The lowest BCUT2D eigenvalue weighted by molar-refractivity contribution is -0.384. The van der Waals surface area contributed by atoms with Crippen molar-refractivity contribution in [3.05, 3.63) is 101 Å². The van der Waals surface area contributed by atoms with Crippen molar-refractivity contribution in [1.82, 2.24) is 4.98 Å². The van der Waals surface area contributed by atoms with Crippen LogP contribution in [0.2, 0.25) is 0 Å². The Bertz CT molecular complexity index is 2070. The van der Waals surface area contributed by atoms with Gasteiger partial charge in [0.25, 0.3) is 11.6 Å². The lowest BCUT2D eigenvalue weighted by atomic mass is 9.68. The quantitative estimate of drug-likeness (QED) is 0.0954. The predicted molar refractivity (Wildman–Crippen MR) is 180 cm³/mol. The number of thiazole rings is 1. The zero-order valence-electron chi connectivity index (χ0n) is 24.7. The summed E-state index contributed by atoms with van der Waals surface area (Å²) in [7, 11) is 0. The summed E-state index contributed by atoms with van der Waals surface area (Å²) >= 11 is 6.27. The largest absolute Gasteiger partial charge is 0.508 e. The average Bonchev–Trinajstić information content (AvgIpc) is 3.80. The smallest absolute Gasteiger partial charge is 0.305 e. The van der Waals surface area contributed by atoms with Gasteiger partial charge in [-0.15, -0.1) is 11.8 Å². The number of aromatic hydroxyl groups is 1. The lowest BCUT2D eigenvalue weighted by Gasteiger charge is -2.43. The van der Waals surface area contributed by atoms with Crippen LogP contribution < -0.4 is 19.8 Å². The topological polar surface area (TPSA) is 172 Å². The SMILES string of the molecule is O=C(COc1ccc(Br)cc1[C@@H]1c2sc(=O)[nH]c2S[C@@H]2[C@@H]3C[C@@H]([C@@H]4C(=O)N(c5ccc([N+](=O)[O-])cc5)C(=O)[C@@H]34)[C@H]12)Nc1ccc(O)cc1. The Labute approximate surface area is 288 Å². The molecular weight excluding hydrogens is 724 g/mol. The first-order valence-electron chi connectivity index (χ1n) is 15.1. The number of halogens is 1. The first-order valence-corrected chi connectivity index (χ1v) is 17.6. The molecular formula is C33H25BrN4O8S2. The maximum absolute atomic E-state index is 14.1. The highest BCUT2D eigenvalue weighted by molar-refractivity contribution is 9.10. The number of ether oxygens (including phenoxy) is 1. The van der Waals surface area contributed by atoms with Gasteiger partial charge < -0.3 is 20.1 Å². The molecule has 2 aliphatic carbocycles. The minimum absolute atomic E-state index is 0.0720. The van der Waals surface area contributed by atoms with Gasteiger partial charge in [0.15, 0.2) is 6.61 Å². The van der Waals surface area contributed by atoms with Gasteiger partial charge in [-0.05, 0) is 78.8 Å². The van der Waals surface area contributed by atoms with Gasteiger partial charge in [0.1, 0.15) is 11.5 Å². The molecule has 244 valence electrons. The standard InChI is InChI=1S/C33H25BrN4O8S2/c34-14-1-10-22(46-13-23(40)35-15-2-8-18(39)9-3-15)19(11-14)24-25-20-12-21(28(25)47-30-29(24)48-33(43)36-30)27-26(20)31(41)37(32(27)42)16-4-6-17(7-5-16)38(44)45/h1-11,20-21,24-28,39H,12-13H2,(H,35,40)(H,36,43)/t20-,21-,24+,25-,26+,27+,28-/m1/s1. The number of anilines is 2. The van der Waals surface area contributed by atoms with E-state index in [1.54, 1.807) is 30.0 Å². The fraction of sp³-hybridized carbons (Fsp3) is 0.273. The molecule has 3 amide bonds. The van der Waals surface area contributed by atoms with Crippen LogP contribution in [-0.2, 0) is 14.4 Å². The maximum Gasteiger partial charge on any atom is 0.305 e. The maximum atomic E-state index is 14.1. The summed E-state index contributed by atoms with van der Waals surface area (Å²) in [6, 6.07) is 17.0. The summed E-state index contributed by atoms with van der Waals surface area (Å²) in [4.78, 5) is 69.0. The van der Waals surface area contributed by atoms with Crippen LogP contribution >= 0.6 is 39.0 Å². The summed E-state index contributed by atoms with van der Waals surface area (Å²) in [6.07, 6.45) is 0.679. The van der Waals surface area contributed by atoms with Crippen LogP contribution in [0.5, 0.6) is 11.5 Å². The molecule has 3 aromatic carbocycles. The predicted octanol–water partition coefficient (Wildman–Crippen LogP) is 5.51. The van der Waals surface area contributed by atoms with Crippen LogP contribution in [0.15, 0.2) is 81.0 Å². The molecule has 7 atom stereocenters. The molecule has 3 N–H and O–H groups in total. The normalized spacial score (nSPS) is 26.6. The molecule has 3 fully saturated rings. The van der Waals surface area contributed by atoms with Crippen LogP contribution in [-0.4, -0.2) is 44.6 Å². The van der Waals surface area contributed by atoms with E-state index in [4.69, 9.17) is 4.74 Å². The Hall–Kier alpha value is -4.47. The van der Waals surface area contributed by atoms with E-state index in [0.717, 1.165) is 31.3 Å². The second kappa shape index (κ2) is 11.6. The third-order valence-electron chi connectivity index (χ3n) is 9.86. The van der Waals surface area contributed by atoms with E-state index in [9.17, 15) is 34.4 Å². The van der Waals surface area contributed by atoms with Gasteiger partial charge in [-0.25, -0.2) is 0 Å². The van der Waals surface area contributed by atoms with Gasteiger partial charge in [0, 0.05) is 43.9 Å². The molecule has 2 aliphatic heterocycles. The van der Waals surface area contributed by atoms with E-state index in [0.29, 0.717) is 23.5 Å². The van der Waals surface area contributed by atoms with Gasteiger partial charge in [0.05, 0.1) is 27.5 Å². The summed E-state index contributed by atoms with van der Waals surface area (Å²) < 4.78 is 6.90. The van der Waals surface area contributed by atoms with Gasteiger partial charge in [0.2, 0.25) is 11.8 Å². The molecule has 1 saturated heterocycles. The van der Waals surface area contributed by atoms with E-state index in [2.05, 4.69) is 26.2 Å². The van der Waals surface area contributed by atoms with E-state index in [1.165, 1.54) is 41.3 Å². The van der Waals surface area contributed by atoms with E-state index < -0.39 is 22.7 Å². The number of non-ortho nitro benzene ring substituents is 1. The molecule has 4 aromatic rings. The fourth-order valence-corrected chi connectivity index (χ4v) is 11.4. The highest BCUT2D eigenvalue weighted by Gasteiger charge is 2.70. The molecule has 3 heterocycles. The number of H-pyrrole nitrogens is 1. The number of thioether (sulfide) groups is 1. The van der Waals surface area contributed by atoms with E-state index in [1.807, 2.05) is 12.1 Å². The molecule has 4 aliphatic rings. The Morgan fingerprint density at radius 2 is 1.75 bits per heavy atom. The molecule has 0 spiro atoms. The molecule has 2 bridgehead atoms. The monoisotopic (exact) mass is 748 g/mol. The van der Waals surface area contributed by atoms with Crippen LogP contribution in [0.3, 0.4) is 0 Å². The zero-order chi connectivity index (χ0) is 33.4. The Balaban J connectivity index is 1.13. The Kier molecular flexibility index (Phi) is 7.45.